The van der Waals surface area contributed by atoms with Crippen molar-refractivity contribution < 1.29 is 32.9 Å². The summed E-state index contributed by atoms with van der Waals surface area (Å²) >= 11 is 0. The monoisotopic (exact) mass is 935 g/mol. The summed E-state index contributed by atoms with van der Waals surface area (Å²) in [7, 11) is 1.21. The molecule has 3 atom stereocenters. The number of hydrogen-bond donors (Lipinski definition) is 2. The van der Waals surface area contributed by atoms with Crippen molar-refractivity contribution in [2.24, 2.45) is 0 Å². The average Bonchev–Trinajstić information content (AvgIpc) is 3.28. The van der Waals surface area contributed by atoms with Crippen LogP contribution in [-0.2, 0) is 18.4 Å². The lowest BCUT2D eigenvalue weighted by molar-refractivity contribution is -0.870. The van der Waals surface area contributed by atoms with Crippen molar-refractivity contribution in [2.75, 3.05) is 40.9 Å². The Morgan fingerprint density at radius 3 is 1.41 bits per heavy atom. The van der Waals surface area contributed by atoms with E-state index in [4.69, 9.17) is 9.05 Å². The predicted octanol–water partition coefficient (Wildman–Crippen LogP) is 14.6. The smallest absolute Gasteiger partial charge is 0.268 e. The summed E-state index contributed by atoms with van der Waals surface area (Å²) in [6, 6.07) is -0.917. The molecule has 0 saturated carbocycles. The van der Waals surface area contributed by atoms with E-state index in [0.717, 1.165) is 109 Å². The minimum atomic E-state index is -4.60. The number of allylic oxidation sites excluding steroid dienone is 21. The van der Waals surface area contributed by atoms with Crippen LogP contribution in [0.2, 0.25) is 0 Å². The molecule has 0 saturated heterocycles. The van der Waals surface area contributed by atoms with Crippen LogP contribution in [0.15, 0.2) is 134 Å². The summed E-state index contributed by atoms with van der Waals surface area (Å²) in [5.41, 5.74) is 0. The molecule has 1 amide bonds. The van der Waals surface area contributed by atoms with Crippen LogP contribution < -0.4 is 10.2 Å². The molecule has 0 aliphatic heterocycles. The van der Waals surface area contributed by atoms with Gasteiger partial charge in [-0.15, -0.1) is 0 Å². The Balaban J connectivity index is 4.16. The normalized spacial score (nSPS) is 15.2. The highest BCUT2D eigenvalue weighted by Crippen LogP contribution is 2.38. The van der Waals surface area contributed by atoms with Crippen LogP contribution in [0.25, 0.3) is 0 Å². The van der Waals surface area contributed by atoms with Gasteiger partial charge in [0.25, 0.3) is 7.82 Å². The third-order valence-electron chi connectivity index (χ3n) is 10.3. The van der Waals surface area contributed by atoms with Gasteiger partial charge in [-0.05, 0) is 103 Å². The van der Waals surface area contributed by atoms with Crippen LogP contribution in [0.5, 0.6) is 0 Å². The molecule has 0 radical (unpaired) electrons. The summed E-state index contributed by atoms with van der Waals surface area (Å²) < 4.78 is 23.1. The highest BCUT2D eigenvalue weighted by molar-refractivity contribution is 7.45. The zero-order valence-electron chi connectivity index (χ0n) is 42.3. The summed E-state index contributed by atoms with van der Waals surface area (Å²) in [5, 5.41) is 13.7. The third kappa shape index (κ3) is 48.6. The number of rotatable bonds is 44. The van der Waals surface area contributed by atoms with Gasteiger partial charge in [-0.3, -0.25) is 9.36 Å². The van der Waals surface area contributed by atoms with Gasteiger partial charge in [0.05, 0.1) is 39.9 Å². The highest BCUT2D eigenvalue weighted by atomic mass is 31.2. The first kappa shape index (κ1) is 62.6. The number of unbranched alkanes of at least 4 members (excludes halogenated alkanes) is 11. The molecule has 9 heteroatoms. The summed E-state index contributed by atoms with van der Waals surface area (Å²) in [6.07, 6.45) is 71.1. The van der Waals surface area contributed by atoms with Crippen molar-refractivity contribution in [2.45, 2.75) is 180 Å². The number of amides is 1. The Morgan fingerprint density at radius 1 is 0.545 bits per heavy atom. The first-order valence-corrected chi connectivity index (χ1v) is 27.0. The topological polar surface area (TPSA) is 108 Å². The molecule has 0 aliphatic rings. The maximum atomic E-state index is 12.9. The van der Waals surface area contributed by atoms with Gasteiger partial charge in [-0.2, -0.15) is 0 Å². The van der Waals surface area contributed by atoms with Crippen molar-refractivity contribution >= 4 is 13.7 Å². The maximum Gasteiger partial charge on any atom is 0.268 e. The van der Waals surface area contributed by atoms with Gasteiger partial charge in [0, 0.05) is 6.42 Å². The van der Waals surface area contributed by atoms with E-state index in [-0.39, 0.29) is 12.5 Å². The number of carbonyl (C=O) groups excluding carboxylic acids is 1. The molecule has 3 unspecified atom stereocenters. The van der Waals surface area contributed by atoms with Crippen LogP contribution >= 0.6 is 7.82 Å². The van der Waals surface area contributed by atoms with E-state index in [9.17, 15) is 19.4 Å². The molecule has 8 nitrogen and oxygen atoms in total. The summed E-state index contributed by atoms with van der Waals surface area (Å²) in [5.74, 6) is -0.229. The number of nitrogens with zero attached hydrogens (tertiary/aromatic N) is 1. The summed E-state index contributed by atoms with van der Waals surface area (Å²) in [6.45, 7) is 4.41. The Morgan fingerprint density at radius 2 is 0.939 bits per heavy atom. The molecule has 0 aromatic heterocycles. The number of aliphatic hydroxyl groups is 1. The van der Waals surface area contributed by atoms with E-state index in [1.807, 2.05) is 27.2 Å². The fourth-order valence-electron chi connectivity index (χ4n) is 6.33. The standard InChI is InChI=1S/C57H95N2O6P/c1-6-8-10-12-14-16-17-18-19-20-21-22-23-24-25-26-27-28-29-30-31-32-33-34-35-36-37-38-39-40-41-43-45-47-49-51-57(61)58-55(54-65-66(62,63)64-53-52-59(3,4)5)56(60)50-48-46-44-42-15-13-11-9-7-2/h8,10,14-16,18-19,21-22,24-25,27-28,30-31,33-34,36-37,42,48,50,55-56,60H,6-7,9,11-13,17,20,23,26,29,32,35,38-41,43-47,49,51-54H2,1-5H3,(H-,58,61,62,63)/b10-8-,16-14-,19-18-,22-21-,25-24-,28-27-,31-30-,34-33-,37-36-,42-15+,50-48+. The number of carbonyl (C=O) groups is 1. The van der Waals surface area contributed by atoms with E-state index in [2.05, 4.69) is 141 Å². The lowest BCUT2D eigenvalue weighted by Crippen LogP contribution is -2.45. The second-order valence-corrected chi connectivity index (χ2v) is 19.2. The zero-order valence-corrected chi connectivity index (χ0v) is 43.2. The van der Waals surface area contributed by atoms with E-state index in [1.165, 1.54) is 38.5 Å². The molecule has 0 aromatic carbocycles. The molecule has 0 fully saturated rings. The predicted molar refractivity (Wildman–Crippen MR) is 283 cm³/mol. The van der Waals surface area contributed by atoms with E-state index in [1.54, 1.807) is 6.08 Å². The highest BCUT2D eigenvalue weighted by Gasteiger charge is 2.23. The molecule has 2 N–H and O–H groups in total. The van der Waals surface area contributed by atoms with Crippen molar-refractivity contribution in [3.8, 4) is 0 Å². The van der Waals surface area contributed by atoms with E-state index in [0.29, 0.717) is 17.4 Å². The second kappa shape index (κ2) is 46.7. The van der Waals surface area contributed by atoms with Crippen LogP contribution in [0.3, 0.4) is 0 Å². The molecule has 66 heavy (non-hydrogen) atoms. The Bertz CT molecular complexity index is 1530. The Hall–Kier alpha value is -3.36. The molecule has 0 aliphatic carbocycles. The second-order valence-electron chi connectivity index (χ2n) is 17.8. The number of quaternary nitrogens is 1. The Kier molecular flexibility index (Phi) is 44.4. The number of phosphoric acid groups is 1. The fraction of sp³-hybridized carbons (Fsp3) is 0.596. The van der Waals surface area contributed by atoms with Gasteiger partial charge in [0.15, 0.2) is 0 Å². The third-order valence-corrected chi connectivity index (χ3v) is 11.3. The molecule has 374 valence electrons. The largest absolute Gasteiger partial charge is 0.756 e. The molecular formula is C57H95N2O6P. The average molecular weight is 935 g/mol. The molecule has 0 spiro atoms. The van der Waals surface area contributed by atoms with Crippen LogP contribution in [-0.4, -0.2) is 68.5 Å². The lowest BCUT2D eigenvalue weighted by Gasteiger charge is -2.29. The van der Waals surface area contributed by atoms with Crippen LogP contribution in [0, 0.1) is 0 Å². The van der Waals surface area contributed by atoms with Crippen molar-refractivity contribution in [1.29, 1.82) is 0 Å². The van der Waals surface area contributed by atoms with Gasteiger partial charge in [-0.1, -0.05) is 192 Å². The number of phosphoric ester groups is 1. The summed E-state index contributed by atoms with van der Waals surface area (Å²) in [4.78, 5) is 25.3. The van der Waals surface area contributed by atoms with Gasteiger partial charge >= 0.3 is 0 Å². The molecule has 0 bridgehead atoms. The lowest BCUT2D eigenvalue weighted by atomic mass is 10.1. The number of hydrogen-bond acceptors (Lipinski definition) is 6. The SMILES string of the molecule is CC/C=C\C/C=C\C/C=C\C/C=C\C/C=C\C/C=C\C/C=C\C/C=C\C/C=C\CCCCCCCCCC(=O)NC(COP(=O)([O-])OCC[N+](C)(C)C)C(O)/C=C/CC/C=C/CCCCC. The number of likely N-dealkylation sites (N-methyl/N-ethyl adjacent to an activating group) is 1. The van der Waals surface area contributed by atoms with Gasteiger partial charge in [0.1, 0.15) is 13.2 Å². The zero-order chi connectivity index (χ0) is 48.5. The fourth-order valence-corrected chi connectivity index (χ4v) is 7.06. The number of aliphatic hydroxyl groups excluding tert-OH is 1. The molecule has 0 heterocycles. The van der Waals surface area contributed by atoms with Crippen LogP contribution in [0.4, 0.5) is 0 Å². The number of nitrogens with one attached hydrogen (secondary N) is 1. The van der Waals surface area contributed by atoms with E-state index < -0.39 is 26.6 Å². The molecule has 0 aromatic rings. The molecular weight excluding hydrogens is 840 g/mol. The minimum absolute atomic E-state index is 0.0165. The van der Waals surface area contributed by atoms with Crippen molar-refractivity contribution in [3.05, 3.63) is 134 Å². The quantitative estimate of drug-likeness (QED) is 0.0273. The van der Waals surface area contributed by atoms with Crippen molar-refractivity contribution in [1.82, 2.24) is 5.32 Å². The van der Waals surface area contributed by atoms with E-state index >= 15 is 0 Å². The van der Waals surface area contributed by atoms with Gasteiger partial charge in [-0.25, -0.2) is 0 Å². The first-order valence-electron chi connectivity index (χ1n) is 25.5. The molecule has 0 rings (SSSR count). The van der Waals surface area contributed by atoms with Gasteiger partial charge in [0.2, 0.25) is 5.91 Å². The first-order chi connectivity index (χ1) is 32.0. The van der Waals surface area contributed by atoms with Crippen molar-refractivity contribution in [3.63, 3.8) is 0 Å². The van der Waals surface area contributed by atoms with Crippen LogP contribution in [0.1, 0.15) is 168 Å². The minimum Gasteiger partial charge on any atom is -0.756 e. The Labute approximate surface area is 405 Å². The maximum absolute atomic E-state index is 12.9. The van der Waals surface area contributed by atoms with Gasteiger partial charge < -0.3 is 28.8 Å².